The van der Waals surface area contributed by atoms with Crippen LogP contribution in [0.15, 0.2) is 40.1 Å². The van der Waals surface area contributed by atoms with Crippen LogP contribution < -0.4 is 5.32 Å². The van der Waals surface area contributed by atoms with Gasteiger partial charge in [-0.25, -0.2) is 0 Å². The third-order valence-corrected chi connectivity index (χ3v) is 5.38. The molecular weight excluding hydrogens is 395 g/mol. The molecule has 0 bridgehead atoms. The Labute approximate surface area is 164 Å². The van der Waals surface area contributed by atoms with Crippen molar-refractivity contribution in [3.8, 4) is 10.8 Å². The molecule has 0 aliphatic carbocycles. The molecule has 0 fully saturated rings. The van der Waals surface area contributed by atoms with E-state index in [1.165, 1.54) is 11.3 Å². The summed E-state index contributed by atoms with van der Waals surface area (Å²) in [4.78, 5) is 15.0. The van der Waals surface area contributed by atoms with Crippen LogP contribution in [-0.2, 0) is 4.79 Å². The zero-order valence-corrected chi connectivity index (χ0v) is 16.4. The standard InChI is InChI=1S/C17H16Cl2N4O2S/c1-10(16-21-22-17(25-16)14-4-3-7-26-14)23(2)9-15(24)20-11-5-6-12(18)13(19)8-11/h3-8,10H,9H2,1-2H3,(H,20,24)/t10-/m0/s1. The third-order valence-electron chi connectivity index (χ3n) is 3.79. The van der Waals surface area contributed by atoms with Gasteiger partial charge >= 0.3 is 0 Å². The summed E-state index contributed by atoms with van der Waals surface area (Å²) in [6.07, 6.45) is 0. The predicted molar refractivity (Wildman–Crippen MR) is 104 cm³/mol. The lowest BCUT2D eigenvalue weighted by molar-refractivity contribution is -0.117. The van der Waals surface area contributed by atoms with Crippen LogP contribution >= 0.6 is 34.5 Å². The normalized spacial score (nSPS) is 12.3. The summed E-state index contributed by atoms with van der Waals surface area (Å²) in [5, 5.41) is 13.7. The van der Waals surface area contributed by atoms with Crippen molar-refractivity contribution in [1.82, 2.24) is 15.1 Å². The van der Waals surface area contributed by atoms with Crippen LogP contribution in [0.4, 0.5) is 5.69 Å². The van der Waals surface area contributed by atoms with Crippen molar-refractivity contribution in [2.24, 2.45) is 0 Å². The first-order chi connectivity index (χ1) is 12.4. The summed E-state index contributed by atoms with van der Waals surface area (Å²) in [6, 6.07) is 8.57. The molecule has 0 saturated heterocycles. The molecule has 9 heteroatoms. The van der Waals surface area contributed by atoms with Gasteiger partial charge in [0, 0.05) is 5.69 Å². The number of carbonyl (C=O) groups excluding carboxylic acids is 1. The quantitative estimate of drug-likeness (QED) is 0.635. The van der Waals surface area contributed by atoms with E-state index in [2.05, 4.69) is 15.5 Å². The molecule has 6 nitrogen and oxygen atoms in total. The van der Waals surface area contributed by atoms with Gasteiger partial charge in [-0.05, 0) is 43.6 Å². The number of nitrogens with one attached hydrogen (secondary N) is 1. The number of benzene rings is 1. The number of hydrogen-bond donors (Lipinski definition) is 1. The molecule has 1 amide bonds. The monoisotopic (exact) mass is 410 g/mol. The fourth-order valence-electron chi connectivity index (χ4n) is 2.23. The molecule has 0 saturated carbocycles. The minimum absolute atomic E-state index is 0.151. The van der Waals surface area contributed by atoms with Crippen LogP contribution in [0.25, 0.3) is 10.8 Å². The van der Waals surface area contributed by atoms with Crippen molar-refractivity contribution in [3.05, 3.63) is 51.6 Å². The van der Waals surface area contributed by atoms with E-state index in [0.717, 1.165) is 4.88 Å². The summed E-state index contributed by atoms with van der Waals surface area (Å²) in [6.45, 7) is 2.05. The van der Waals surface area contributed by atoms with E-state index in [4.69, 9.17) is 27.6 Å². The Morgan fingerprint density at radius 3 is 2.81 bits per heavy atom. The molecule has 2 heterocycles. The number of nitrogens with zero attached hydrogens (tertiary/aromatic N) is 3. The van der Waals surface area contributed by atoms with Crippen molar-refractivity contribution >= 4 is 46.1 Å². The molecule has 1 aromatic carbocycles. The summed E-state index contributed by atoms with van der Waals surface area (Å²) < 4.78 is 5.72. The van der Waals surface area contributed by atoms with Crippen molar-refractivity contribution in [1.29, 1.82) is 0 Å². The zero-order valence-electron chi connectivity index (χ0n) is 14.1. The van der Waals surface area contributed by atoms with Gasteiger partial charge in [0.25, 0.3) is 5.89 Å². The maximum atomic E-state index is 12.3. The van der Waals surface area contributed by atoms with Gasteiger partial charge in [0.05, 0.1) is 27.5 Å². The van der Waals surface area contributed by atoms with Crippen LogP contribution in [0.3, 0.4) is 0 Å². The lowest BCUT2D eigenvalue weighted by atomic mass is 10.3. The Bertz CT molecular complexity index is 898. The summed E-state index contributed by atoms with van der Waals surface area (Å²) >= 11 is 13.4. The molecule has 136 valence electrons. The number of amides is 1. The van der Waals surface area contributed by atoms with Crippen LogP contribution in [0, 0.1) is 0 Å². The van der Waals surface area contributed by atoms with E-state index in [0.29, 0.717) is 27.5 Å². The van der Waals surface area contributed by atoms with Gasteiger partial charge in [-0.15, -0.1) is 21.5 Å². The number of anilines is 1. The maximum Gasteiger partial charge on any atom is 0.257 e. The molecule has 2 aromatic heterocycles. The molecule has 3 aromatic rings. The first-order valence-corrected chi connectivity index (χ1v) is 9.40. The number of carbonyl (C=O) groups is 1. The first kappa shape index (κ1) is 18.8. The molecule has 1 atom stereocenters. The van der Waals surface area contributed by atoms with Crippen molar-refractivity contribution in [3.63, 3.8) is 0 Å². The van der Waals surface area contributed by atoms with Crippen molar-refractivity contribution in [2.75, 3.05) is 18.9 Å². The number of rotatable bonds is 6. The number of thiophene rings is 1. The van der Waals surface area contributed by atoms with Crippen molar-refractivity contribution in [2.45, 2.75) is 13.0 Å². The van der Waals surface area contributed by atoms with Gasteiger partial charge in [0.2, 0.25) is 11.8 Å². The highest BCUT2D eigenvalue weighted by Crippen LogP contribution is 2.27. The van der Waals surface area contributed by atoms with Crippen molar-refractivity contribution < 1.29 is 9.21 Å². The molecule has 0 aliphatic rings. The Morgan fingerprint density at radius 1 is 1.31 bits per heavy atom. The Hall–Kier alpha value is -1.93. The molecule has 1 N–H and O–H groups in total. The smallest absolute Gasteiger partial charge is 0.257 e. The lowest BCUT2D eigenvalue weighted by Crippen LogP contribution is -2.32. The molecule has 0 aliphatic heterocycles. The second-order valence-electron chi connectivity index (χ2n) is 5.69. The van der Waals surface area contributed by atoms with Crippen LogP contribution in [-0.4, -0.2) is 34.6 Å². The van der Waals surface area contributed by atoms with E-state index in [9.17, 15) is 4.79 Å². The van der Waals surface area contributed by atoms with Crippen LogP contribution in [0.5, 0.6) is 0 Å². The van der Waals surface area contributed by atoms with Gasteiger partial charge in [-0.1, -0.05) is 29.3 Å². The lowest BCUT2D eigenvalue weighted by Gasteiger charge is -2.21. The van der Waals surface area contributed by atoms with Crippen LogP contribution in [0.1, 0.15) is 18.9 Å². The molecule has 0 unspecified atom stereocenters. The topological polar surface area (TPSA) is 71.3 Å². The molecule has 26 heavy (non-hydrogen) atoms. The summed E-state index contributed by atoms with van der Waals surface area (Å²) in [5.41, 5.74) is 0.586. The highest BCUT2D eigenvalue weighted by Gasteiger charge is 2.21. The van der Waals surface area contributed by atoms with Gasteiger partial charge < -0.3 is 9.73 Å². The minimum Gasteiger partial charge on any atom is -0.418 e. The fraction of sp³-hybridized carbons (Fsp3) is 0.235. The second kappa shape index (κ2) is 8.18. The average molecular weight is 411 g/mol. The highest BCUT2D eigenvalue weighted by molar-refractivity contribution is 7.13. The zero-order chi connectivity index (χ0) is 18.7. The van der Waals surface area contributed by atoms with E-state index < -0.39 is 0 Å². The van der Waals surface area contributed by atoms with Gasteiger partial charge in [0.1, 0.15) is 0 Å². The highest BCUT2D eigenvalue weighted by atomic mass is 35.5. The fourth-order valence-corrected chi connectivity index (χ4v) is 3.17. The number of aromatic nitrogens is 2. The molecular formula is C17H16Cl2N4O2S. The van der Waals surface area contributed by atoms with Gasteiger partial charge in [-0.3, -0.25) is 9.69 Å². The van der Waals surface area contributed by atoms with E-state index in [1.807, 2.05) is 36.4 Å². The van der Waals surface area contributed by atoms with E-state index in [-0.39, 0.29) is 18.5 Å². The average Bonchev–Trinajstić information content (AvgIpc) is 3.28. The molecule has 0 spiro atoms. The Balaban J connectivity index is 1.60. The molecule has 3 rings (SSSR count). The third kappa shape index (κ3) is 4.42. The number of hydrogen-bond acceptors (Lipinski definition) is 6. The summed E-state index contributed by atoms with van der Waals surface area (Å²) in [7, 11) is 1.81. The molecule has 0 radical (unpaired) electrons. The SMILES string of the molecule is C[C@@H](c1nnc(-c2cccs2)o1)N(C)CC(=O)Nc1ccc(Cl)c(Cl)c1. The largest absolute Gasteiger partial charge is 0.418 e. The van der Waals surface area contributed by atoms with E-state index >= 15 is 0 Å². The maximum absolute atomic E-state index is 12.3. The predicted octanol–water partition coefficient (Wildman–Crippen LogP) is 4.74. The number of likely N-dealkylation sites (N-methyl/N-ethyl adjacent to an activating group) is 1. The number of halogens is 2. The summed E-state index contributed by atoms with van der Waals surface area (Å²) in [5.74, 6) is 0.754. The van der Waals surface area contributed by atoms with Gasteiger partial charge in [-0.2, -0.15) is 0 Å². The Kier molecular flexibility index (Phi) is 5.93. The van der Waals surface area contributed by atoms with Gasteiger partial charge in [0.15, 0.2) is 0 Å². The minimum atomic E-state index is -0.212. The Morgan fingerprint density at radius 2 is 2.12 bits per heavy atom. The first-order valence-electron chi connectivity index (χ1n) is 7.76. The van der Waals surface area contributed by atoms with E-state index in [1.54, 1.807) is 18.2 Å². The van der Waals surface area contributed by atoms with Crippen LogP contribution in [0.2, 0.25) is 10.0 Å². The second-order valence-corrected chi connectivity index (χ2v) is 7.45.